The lowest BCUT2D eigenvalue weighted by Crippen LogP contribution is -2.39. The number of aromatic amines is 2. The lowest BCUT2D eigenvalue weighted by molar-refractivity contribution is -0.134. The molecule has 2 aliphatic carbocycles. The first-order chi connectivity index (χ1) is 23.0. The summed E-state index contributed by atoms with van der Waals surface area (Å²) in [5, 5.41) is 10.9. The number of benzene rings is 1. The van der Waals surface area contributed by atoms with Crippen molar-refractivity contribution in [3.8, 4) is 11.4 Å². The fourth-order valence-corrected chi connectivity index (χ4v) is 8.17. The van der Waals surface area contributed by atoms with E-state index < -0.39 is 17.3 Å². The van der Waals surface area contributed by atoms with E-state index in [1.54, 1.807) is 25.1 Å². The zero-order valence-corrected chi connectivity index (χ0v) is 27.1. The van der Waals surface area contributed by atoms with Gasteiger partial charge in [0.1, 0.15) is 11.5 Å². The fourth-order valence-electron chi connectivity index (χ4n) is 8.17. The molecule has 1 saturated carbocycles. The van der Waals surface area contributed by atoms with Crippen molar-refractivity contribution in [1.82, 2.24) is 25.5 Å². The number of pyridine rings is 1. The summed E-state index contributed by atoms with van der Waals surface area (Å²) in [4.78, 5) is 48.9. The minimum atomic E-state index is -2.64. The quantitative estimate of drug-likeness (QED) is 0.226. The average molecular weight is 656 g/mol. The SMILES string of the molecule is CN(C(=O)CCC1CCN(c2ccc(C3CCC(=O)NC3=O)cn2)CC1)c1ccc2cc(-c3n[nH]c4c3CC3C(F)(F)C3(C)C4)[nH]c2c1. The number of nitrogens with zero attached hydrogens (tertiary/aromatic N) is 4. The van der Waals surface area contributed by atoms with Gasteiger partial charge in [-0.1, -0.05) is 19.1 Å². The van der Waals surface area contributed by atoms with E-state index in [9.17, 15) is 23.2 Å². The molecule has 2 aliphatic heterocycles. The maximum absolute atomic E-state index is 14.4. The fraction of sp³-hybridized carbons (Fsp3) is 0.472. The summed E-state index contributed by atoms with van der Waals surface area (Å²) in [6.07, 6.45) is 6.44. The first-order valence-electron chi connectivity index (χ1n) is 16.9. The Hall–Kier alpha value is -4.61. The number of halogens is 2. The van der Waals surface area contributed by atoms with Crippen LogP contribution in [0.5, 0.6) is 0 Å². The summed E-state index contributed by atoms with van der Waals surface area (Å²) >= 11 is 0. The molecule has 4 aliphatic rings. The number of aromatic nitrogens is 4. The molecule has 250 valence electrons. The lowest BCUT2D eigenvalue weighted by Gasteiger charge is -2.33. The molecule has 3 N–H and O–H groups in total. The van der Waals surface area contributed by atoms with Crippen LogP contribution in [0.1, 0.15) is 68.2 Å². The molecule has 3 aromatic heterocycles. The number of anilines is 2. The number of fused-ring (bicyclic) bond motifs is 3. The Morgan fingerprint density at radius 2 is 1.92 bits per heavy atom. The normalized spacial score (nSPS) is 25.0. The third kappa shape index (κ3) is 5.07. The molecule has 3 atom stereocenters. The second kappa shape index (κ2) is 11.2. The van der Waals surface area contributed by atoms with Gasteiger partial charge in [-0.15, -0.1) is 0 Å². The molecule has 12 heteroatoms. The van der Waals surface area contributed by atoms with Gasteiger partial charge in [0, 0.05) is 84.8 Å². The second-order valence-corrected chi connectivity index (χ2v) is 14.3. The first kappa shape index (κ1) is 30.7. The molecule has 0 radical (unpaired) electrons. The summed E-state index contributed by atoms with van der Waals surface area (Å²) in [6.45, 7) is 3.37. The van der Waals surface area contributed by atoms with Gasteiger partial charge >= 0.3 is 0 Å². The van der Waals surface area contributed by atoms with E-state index in [-0.39, 0.29) is 23.6 Å². The van der Waals surface area contributed by atoms with E-state index in [1.165, 1.54) is 0 Å². The van der Waals surface area contributed by atoms with Gasteiger partial charge in [0.2, 0.25) is 17.7 Å². The molecule has 3 amide bonds. The van der Waals surface area contributed by atoms with Gasteiger partial charge in [0.05, 0.1) is 11.6 Å². The number of nitrogens with one attached hydrogen (secondary N) is 3. The van der Waals surface area contributed by atoms with Crippen LogP contribution in [0, 0.1) is 17.3 Å². The Balaban J connectivity index is 0.851. The Bertz CT molecular complexity index is 1930. The second-order valence-electron chi connectivity index (χ2n) is 14.3. The Kier molecular flexibility index (Phi) is 7.19. The molecule has 5 heterocycles. The van der Waals surface area contributed by atoms with Gasteiger partial charge in [0.25, 0.3) is 5.92 Å². The zero-order chi connectivity index (χ0) is 33.4. The smallest absolute Gasteiger partial charge is 0.258 e. The van der Waals surface area contributed by atoms with Gasteiger partial charge in [-0.25, -0.2) is 13.8 Å². The van der Waals surface area contributed by atoms with E-state index in [1.807, 2.05) is 36.4 Å². The van der Waals surface area contributed by atoms with Gasteiger partial charge in [-0.2, -0.15) is 5.10 Å². The van der Waals surface area contributed by atoms with E-state index in [0.29, 0.717) is 43.7 Å². The molecule has 4 aromatic rings. The highest BCUT2D eigenvalue weighted by Gasteiger charge is 2.78. The number of hydrogen-bond acceptors (Lipinski definition) is 6. The Labute approximate surface area is 276 Å². The number of carbonyl (C=O) groups excluding carboxylic acids is 3. The number of piperidine rings is 2. The van der Waals surface area contributed by atoms with Crippen molar-refractivity contribution in [3.05, 3.63) is 59.4 Å². The molecule has 8 rings (SSSR count). The van der Waals surface area contributed by atoms with Gasteiger partial charge in [-0.3, -0.25) is 24.8 Å². The van der Waals surface area contributed by atoms with Gasteiger partial charge < -0.3 is 14.8 Å². The standard InChI is InChI=1S/C36H39F2N7O3/c1-35-18-28-25(17-29(35)36(35,37)38)33(43-42-28)27-15-21-4-6-23(16-26(21)40-27)44(2)32(47)10-3-20-11-13-45(14-12-20)30-8-5-22(19-39-30)24-7-9-31(46)41-34(24)48/h4-6,8,15-16,19-20,24,29,40H,3,7,9-14,17-18H2,1-2H3,(H,42,43)(H,41,46,48). The van der Waals surface area contributed by atoms with E-state index in [0.717, 1.165) is 77.3 Å². The van der Waals surface area contributed by atoms with Crippen molar-refractivity contribution in [1.29, 1.82) is 0 Å². The van der Waals surface area contributed by atoms with Crippen molar-refractivity contribution in [3.63, 3.8) is 0 Å². The number of H-pyrrole nitrogens is 2. The van der Waals surface area contributed by atoms with Crippen LogP contribution in [0.2, 0.25) is 0 Å². The molecule has 3 unspecified atom stereocenters. The first-order valence-corrected chi connectivity index (χ1v) is 16.9. The third-order valence-electron chi connectivity index (χ3n) is 11.5. The van der Waals surface area contributed by atoms with Crippen molar-refractivity contribution < 1.29 is 23.2 Å². The highest BCUT2D eigenvalue weighted by atomic mass is 19.3. The predicted molar refractivity (Wildman–Crippen MR) is 177 cm³/mol. The molecule has 48 heavy (non-hydrogen) atoms. The molecule has 3 fully saturated rings. The van der Waals surface area contributed by atoms with Gasteiger partial charge in [-0.05, 0) is 67.9 Å². The number of hydrogen-bond donors (Lipinski definition) is 3. The van der Waals surface area contributed by atoms with Crippen molar-refractivity contribution in [2.45, 2.75) is 70.1 Å². The summed E-state index contributed by atoms with van der Waals surface area (Å²) < 4.78 is 28.9. The minimum absolute atomic E-state index is 0.0593. The van der Waals surface area contributed by atoms with Crippen LogP contribution in [0.25, 0.3) is 22.3 Å². The third-order valence-corrected chi connectivity index (χ3v) is 11.5. The number of imide groups is 1. The molecule has 2 saturated heterocycles. The van der Waals surface area contributed by atoms with Gasteiger partial charge in [0.15, 0.2) is 0 Å². The van der Waals surface area contributed by atoms with Crippen LogP contribution >= 0.6 is 0 Å². The van der Waals surface area contributed by atoms with E-state index in [2.05, 4.69) is 30.4 Å². The van der Waals surface area contributed by atoms with Crippen molar-refractivity contribution in [2.75, 3.05) is 29.9 Å². The molecule has 1 aromatic carbocycles. The van der Waals surface area contributed by atoms with Crippen molar-refractivity contribution in [2.24, 2.45) is 17.3 Å². The predicted octanol–water partition coefficient (Wildman–Crippen LogP) is 5.50. The summed E-state index contributed by atoms with van der Waals surface area (Å²) in [6, 6.07) is 11.7. The van der Waals surface area contributed by atoms with Crippen LogP contribution in [0.3, 0.4) is 0 Å². The largest absolute Gasteiger partial charge is 0.357 e. The summed E-state index contributed by atoms with van der Waals surface area (Å²) in [5.41, 5.74) is 4.67. The number of amides is 3. The minimum Gasteiger partial charge on any atom is -0.357 e. The van der Waals surface area contributed by atoms with Crippen LogP contribution < -0.4 is 15.1 Å². The summed E-state index contributed by atoms with van der Waals surface area (Å²) in [7, 11) is 1.80. The molecule has 0 spiro atoms. The lowest BCUT2D eigenvalue weighted by atomic mass is 9.87. The molecular formula is C36H39F2N7O3. The van der Waals surface area contributed by atoms with Crippen LogP contribution in [-0.4, -0.2) is 63.9 Å². The molecule has 10 nitrogen and oxygen atoms in total. The highest BCUT2D eigenvalue weighted by molar-refractivity contribution is 6.01. The maximum atomic E-state index is 14.4. The Morgan fingerprint density at radius 3 is 2.67 bits per heavy atom. The zero-order valence-electron chi connectivity index (χ0n) is 27.1. The monoisotopic (exact) mass is 655 g/mol. The summed E-state index contributed by atoms with van der Waals surface area (Å²) in [5.74, 6) is -2.71. The maximum Gasteiger partial charge on any atom is 0.258 e. The highest BCUT2D eigenvalue weighted by Crippen LogP contribution is 2.70. The topological polar surface area (TPSA) is 127 Å². The van der Waals surface area contributed by atoms with E-state index in [4.69, 9.17) is 0 Å². The molecular weight excluding hydrogens is 616 g/mol. The number of carbonyl (C=O) groups is 3. The van der Waals surface area contributed by atoms with E-state index >= 15 is 0 Å². The van der Waals surface area contributed by atoms with Crippen LogP contribution in [0.4, 0.5) is 20.3 Å². The average Bonchev–Trinajstić information content (AvgIpc) is 3.47. The van der Waals surface area contributed by atoms with Crippen molar-refractivity contribution >= 4 is 40.1 Å². The number of alkyl halides is 2. The number of rotatable bonds is 7. The Morgan fingerprint density at radius 1 is 1.10 bits per heavy atom. The molecule has 0 bridgehead atoms. The van der Waals surface area contributed by atoms with Crippen LogP contribution in [-0.2, 0) is 27.2 Å². The van der Waals surface area contributed by atoms with Crippen LogP contribution in [0.15, 0.2) is 42.6 Å².